The highest BCUT2D eigenvalue weighted by Crippen LogP contribution is 2.24. The SMILES string of the molecule is CS(=O)(=O)c1ccc(NC(=O)c2ccc(CSc3ccc(Cl)cc3)cc2)cc1. The number of benzene rings is 3. The maximum absolute atomic E-state index is 12.4. The zero-order valence-electron chi connectivity index (χ0n) is 15.1. The van der Waals surface area contributed by atoms with Crippen LogP contribution in [0.3, 0.4) is 0 Å². The smallest absolute Gasteiger partial charge is 0.255 e. The van der Waals surface area contributed by atoms with Gasteiger partial charge in [0.25, 0.3) is 5.91 Å². The van der Waals surface area contributed by atoms with Crippen molar-refractivity contribution in [3.8, 4) is 0 Å². The zero-order chi connectivity index (χ0) is 20.1. The monoisotopic (exact) mass is 431 g/mol. The summed E-state index contributed by atoms with van der Waals surface area (Å²) in [6.45, 7) is 0. The van der Waals surface area contributed by atoms with Gasteiger partial charge in [0.05, 0.1) is 4.90 Å². The first-order chi connectivity index (χ1) is 13.3. The van der Waals surface area contributed by atoms with Crippen molar-refractivity contribution in [3.05, 3.63) is 88.9 Å². The normalized spacial score (nSPS) is 11.2. The van der Waals surface area contributed by atoms with Gasteiger partial charge in [0.2, 0.25) is 0 Å². The number of hydrogen-bond donors (Lipinski definition) is 1. The van der Waals surface area contributed by atoms with Crippen LogP contribution >= 0.6 is 23.4 Å². The van der Waals surface area contributed by atoms with E-state index in [9.17, 15) is 13.2 Å². The van der Waals surface area contributed by atoms with Gasteiger partial charge >= 0.3 is 0 Å². The molecule has 0 radical (unpaired) electrons. The fraction of sp³-hybridized carbons (Fsp3) is 0.0952. The molecule has 0 fully saturated rings. The maximum atomic E-state index is 12.4. The summed E-state index contributed by atoms with van der Waals surface area (Å²) >= 11 is 7.58. The Morgan fingerprint density at radius 1 is 0.929 bits per heavy atom. The summed E-state index contributed by atoms with van der Waals surface area (Å²) in [5, 5.41) is 3.48. The van der Waals surface area contributed by atoms with E-state index in [4.69, 9.17) is 11.6 Å². The molecule has 0 bridgehead atoms. The van der Waals surface area contributed by atoms with E-state index in [1.165, 1.54) is 12.1 Å². The first-order valence-corrected chi connectivity index (χ1v) is 11.7. The Bertz CT molecular complexity index is 1060. The second-order valence-corrected chi connectivity index (χ2v) is 9.69. The number of sulfone groups is 1. The fourth-order valence-electron chi connectivity index (χ4n) is 2.44. The molecule has 0 heterocycles. The largest absolute Gasteiger partial charge is 0.322 e. The molecule has 0 aliphatic carbocycles. The molecule has 3 aromatic rings. The lowest BCUT2D eigenvalue weighted by Gasteiger charge is -2.07. The Kier molecular flexibility index (Phi) is 6.44. The molecule has 0 saturated carbocycles. The number of halogens is 1. The van der Waals surface area contributed by atoms with E-state index in [2.05, 4.69) is 5.32 Å². The first kappa shape index (κ1) is 20.5. The molecule has 0 atom stereocenters. The number of nitrogens with one attached hydrogen (secondary N) is 1. The Morgan fingerprint density at radius 2 is 1.54 bits per heavy atom. The predicted octanol–water partition coefficient (Wildman–Crippen LogP) is 5.29. The number of amides is 1. The minimum Gasteiger partial charge on any atom is -0.322 e. The number of carbonyl (C=O) groups is 1. The number of carbonyl (C=O) groups excluding carboxylic acids is 1. The topological polar surface area (TPSA) is 63.2 Å². The van der Waals surface area contributed by atoms with Crippen LogP contribution in [0.2, 0.25) is 5.02 Å². The van der Waals surface area contributed by atoms with Crippen LogP contribution in [0, 0.1) is 0 Å². The summed E-state index contributed by atoms with van der Waals surface area (Å²) in [5.74, 6) is 0.542. The number of rotatable bonds is 6. The van der Waals surface area contributed by atoms with Gasteiger partial charge in [-0.25, -0.2) is 8.42 Å². The minimum absolute atomic E-state index is 0.216. The summed E-state index contributed by atoms with van der Waals surface area (Å²) in [4.78, 5) is 13.7. The van der Waals surface area contributed by atoms with E-state index >= 15 is 0 Å². The Balaban J connectivity index is 1.59. The zero-order valence-corrected chi connectivity index (χ0v) is 17.4. The van der Waals surface area contributed by atoms with Crippen molar-refractivity contribution in [3.63, 3.8) is 0 Å². The van der Waals surface area contributed by atoms with Gasteiger partial charge in [-0.3, -0.25) is 4.79 Å². The third kappa shape index (κ3) is 5.61. The minimum atomic E-state index is -3.25. The van der Waals surface area contributed by atoms with Crippen molar-refractivity contribution in [1.29, 1.82) is 0 Å². The molecule has 3 rings (SSSR count). The second-order valence-electron chi connectivity index (χ2n) is 6.19. The summed E-state index contributed by atoms with van der Waals surface area (Å²) < 4.78 is 23.0. The average Bonchev–Trinajstić information content (AvgIpc) is 2.67. The van der Waals surface area contributed by atoms with Gasteiger partial charge in [-0.1, -0.05) is 23.7 Å². The Hall–Kier alpha value is -2.28. The van der Waals surface area contributed by atoms with E-state index in [0.717, 1.165) is 22.5 Å². The maximum Gasteiger partial charge on any atom is 0.255 e. The first-order valence-electron chi connectivity index (χ1n) is 8.40. The predicted molar refractivity (Wildman–Crippen MR) is 115 cm³/mol. The lowest BCUT2D eigenvalue weighted by atomic mass is 10.1. The summed E-state index contributed by atoms with van der Waals surface area (Å²) in [7, 11) is -3.25. The molecule has 28 heavy (non-hydrogen) atoms. The lowest BCUT2D eigenvalue weighted by molar-refractivity contribution is 0.102. The van der Waals surface area contributed by atoms with Crippen LogP contribution in [0.5, 0.6) is 0 Å². The molecule has 3 aromatic carbocycles. The quantitative estimate of drug-likeness (QED) is 0.539. The van der Waals surface area contributed by atoms with Gasteiger partial charge in [-0.05, 0) is 66.2 Å². The van der Waals surface area contributed by atoms with Gasteiger partial charge in [0.15, 0.2) is 9.84 Å². The summed E-state index contributed by atoms with van der Waals surface area (Å²) in [5.41, 5.74) is 2.18. The molecule has 0 aliphatic rings. The highest BCUT2D eigenvalue weighted by molar-refractivity contribution is 7.98. The van der Waals surface area contributed by atoms with Gasteiger partial charge in [-0.15, -0.1) is 11.8 Å². The van der Waals surface area contributed by atoms with Gasteiger partial charge in [0.1, 0.15) is 0 Å². The molecule has 144 valence electrons. The van der Waals surface area contributed by atoms with Crippen molar-refractivity contribution in [2.75, 3.05) is 11.6 Å². The van der Waals surface area contributed by atoms with Crippen LogP contribution in [0.25, 0.3) is 0 Å². The molecule has 0 aromatic heterocycles. The lowest BCUT2D eigenvalue weighted by Crippen LogP contribution is -2.12. The molecule has 7 heteroatoms. The molecule has 1 N–H and O–H groups in total. The molecule has 4 nitrogen and oxygen atoms in total. The summed E-state index contributed by atoms with van der Waals surface area (Å²) in [6, 6.07) is 21.2. The van der Waals surface area contributed by atoms with Gasteiger partial charge < -0.3 is 5.32 Å². The molecular weight excluding hydrogens is 414 g/mol. The van der Waals surface area contributed by atoms with Crippen LogP contribution in [-0.4, -0.2) is 20.6 Å². The van der Waals surface area contributed by atoms with Crippen LogP contribution < -0.4 is 5.32 Å². The third-order valence-corrected chi connectivity index (χ3v) is 6.44. The van der Waals surface area contributed by atoms with Crippen LogP contribution in [0.15, 0.2) is 82.6 Å². The highest BCUT2D eigenvalue weighted by Gasteiger charge is 2.09. The molecule has 0 spiro atoms. The van der Waals surface area contributed by atoms with E-state index in [-0.39, 0.29) is 10.8 Å². The highest BCUT2D eigenvalue weighted by atomic mass is 35.5. The van der Waals surface area contributed by atoms with E-state index in [1.54, 1.807) is 36.0 Å². The van der Waals surface area contributed by atoms with Crippen LogP contribution in [-0.2, 0) is 15.6 Å². The van der Waals surface area contributed by atoms with Gasteiger partial charge in [-0.2, -0.15) is 0 Å². The Morgan fingerprint density at radius 3 is 2.11 bits per heavy atom. The van der Waals surface area contributed by atoms with Crippen molar-refractivity contribution in [2.24, 2.45) is 0 Å². The second kappa shape index (κ2) is 8.82. The van der Waals surface area contributed by atoms with Gasteiger partial charge in [0, 0.05) is 33.2 Å². The summed E-state index contributed by atoms with van der Waals surface area (Å²) in [6.07, 6.45) is 1.15. The van der Waals surface area contributed by atoms with Crippen LogP contribution in [0.1, 0.15) is 15.9 Å². The Labute approximate surface area is 173 Å². The van der Waals surface area contributed by atoms with Crippen molar-refractivity contribution >= 4 is 44.8 Å². The molecular formula is C21H18ClNO3S2. The van der Waals surface area contributed by atoms with Crippen molar-refractivity contribution in [2.45, 2.75) is 15.5 Å². The average molecular weight is 432 g/mol. The van der Waals surface area contributed by atoms with E-state index in [0.29, 0.717) is 16.3 Å². The van der Waals surface area contributed by atoms with Crippen molar-refractivity contribution in [1.82, 2.24) is 0 Å². The molecule has 0 saturated heterocycles. The van der Waals surface area contributed by atoms with Crippen LogP contribution in [0.4, 0.5) is 5.69 Å². The molecule has 0 unspecified atom stereocenters. The van der Waals surface area contributed by atoms with E-state index < -0.39 is 9.84 Å². The number of thioether (sulfide) groups is 1. The fourth-order valence-corrected chi connectivity index (χ4v) is 4.05. The third-order valence-electron chi connectivity index (χ3n) is 3.98. The number of hydrogen-bond acceptors (Lipinski definition) is 4. The standard InChI is InChI=1S/C21H18ClNO3S2/c1-28(25,26)20-12-8-18(9-13-20)23-21(24)16-4-2-15(3-5-16)14-27-19-10-6-17(22)7-11-19/h2-13H,14H2,1H3,(H,23,24). The number of anilines is 1. The molecule has 1 amide bonds. The van der Waals surface area contributed by atoms with E-state index in [1.807, 2.05) is 36.4 Å². The molecule has 0 aliphatic heterocycles. The van der Waals surface area contributed by atoms with Crippen molar-refractivity contribution < 1.29 is 13.2 Å².